The first kappa shape index (κ1) is 14.0. The van der Waals surface area contributed by atoms with E-state index in [2.05, 4.69) is 29.1 Å². The Balaban J connectivity index is 2.84. The molecule has 0 saturated heterocycles. The van der Waals surface area contributed by atoms with Gasteiger partial charge in [0.25, 0.3) is 0 Å². The number of nitrogens with zero attached hydrogens (tertiary/aromatic N) is 2. The third-order valence-corrected chi connectivity index (χ3v) is 2.75. The van der Waals surface area contributed by atoms with E-state index >= 15 is 0 Å². The molecule has 0 aliphatic heterocycles. The van der Waals surface area contributed by atoms with E-state index in [1.54, 1.807) is 0 Å². The molecule has 6 heteroatoms. The van der Waals surface area contributed by atoms with Gasteiger partial charge >= 0.3 is 6.01 Å². The molecule has 1 atom stereocenters. The summed E-state index contributed by atoms with van der Waals surface area (Å²) in [4.78, 5) is 8.04. The molecular formula is C11H18ClN3O2. The van der Waals surface area contributed by atoms with Crippen molar-refractivity contribution in [2.75, 3.05) is 19.0 Å². The Morgan fingerprint density at radius 1 is 1.53 bits per heavy atom. The van der Waals surface area contributed by atoms with Crippen molar-refractivity contribution in [3.05, 3.63) is 11.2 Å². The van der Waals surface area contributed by atoms with Gasteiger partial charge in [-0.05, 0) is 12.3 Å². The number of rotatable bonds is 6. The maximum Gasteiger partial charge on any atom is 0.318 e. The molecule has 2 N–H and O–H groups in total. The molecule has 0 aromatic carbocycles. The highest BCUT2D eigenvalue weighted by Gasteiger charge is 2.15. The van der Waals surface area contributed by atoms with Crippen molar-refractivity contribution in [1.29, 1.82) is 0 Å². The topological polar surface area (TPSA) is 67.3 Å². The minimum absolute atomic E-state index is 0.108. The molecule has 0 amide bonds. The molecule has 96 valence electrons. The smallest absolute Gasteiger partial charge is 0.318 e. The first-order chi connectivity index (χ1) is 8.08. The average molecular weight is 260 g/mol. The summed E-state index contributed by atoms with van der Waals surface area (Å²) in [6.07, 6.45) is 2.13. The second-order valence-electron chi connectivity index (χ2n) is 4.06. The van der Waals surface area contributed by atoms with Gasteiger partial charge in [-0.3, -0.25) is 0 Å². The summed E-state index contributed by atoms with van der Waals surface area (Å²) >= 11 is 6.00. The quantitative estimate of drug-likeness (QED) is 0.817. The van der Waals surface area contributed by atoms with Gasteiger partial charge in [0.05, 0.1) is 13.3 Å². The van der Waals surface area contributed by atoms with Crippen molar-refractivity contribution in [2.45, 2.75) is 26.3 Å². The average Bonchev–Trinajstić information content (AvgIpc) is 2.31. The summed E-state index contributed by atoms with van der Waals surface area (Å²) in [5.74, 6) is 0.893. The summed E-state index contributed by atoms with van der Waals surface area (Å²) < 4.78 is 4.94. The van der Waals surface area contributed by atoms with Crippen LogP contribution in [0.25, 0.3) is 0 Å². The molecule has 0 aliphatic carbocycles. The molecule has 0 spiro atoms. The van der Waals surface area contributed by atoms with Gasteiger partial charge in [-0.2, -0.15) is 4.98 Å². The Labute approximate surface area is 106 Å². The fraction of sp³-hybridized carbons (Fsp3) is 0.636. The van der Waals surface area contributed by atoms with E-state index in [4.69, 9.17) is 21.4 Å². The van der Waals surface area contributed by atoms with Crippen LogP contribution in [0.2, 0.25) is 5.02 Å². The molecule has 1 aromatic heterocycles. The standard InChI is InChI=1S/C11H18ClN3O2/c1-7(2)9(4-5-16)14-10-8(12)6-13-11(15-10)17-3/h6-7,9,16H,4-5H2,1-3H3,(H,13,14,15). The number of methoxy groups -OCH3 is 1. The lowest BCUT2D eigenvalue weighted by Crippen LogP contribution is -2.27. The number of hydrogen-bond acceptors (Lipinski definition) is 5. The number of aromatic nitrogens is 2. The van der Waals surface area contributed by atoms with Crippen LogP contribution in [0.5, 0.6) is 6.01 Å². The molecule has 0 radical (unpaired) electrons. The van der Waals surface area contributed by atoms with Gasteiger partial charge in [0.2, 0.25) is 0 Å². The largest absolute Gasteiger partial charge is 0.467 e. The molecule has 1 aromatic rings. The lowest BCUT2D eigenvalue weighted by molar-refractivity contribution is 0.267. The van der Waals surface area contributed by atoms with Crippen LogP contribution in [0.4, 0.5) is 5.82 Å². The molecule has 1 rings (SSSR count). The van der Waals surface area contributed by atoms with Crippen molar-refractivity contribution in [1.82, 2.24) is 9.97 Å². The summed E-state index contributed by atoms with van der Waals surface area (Å²) in [5.41, 5.74) is 0. The zero-order valence-electron chi connectivity index (χ0n) is 10.3. The highest BCUT2D eigenvalue weighted by Crippen LogP contribution is 2.23. The highest BCUT2D eigenvalue weighted by molar-refractivity contribution is 6.32. The van der Waals surface area contributed by atoms with Crippen molar-refractivity contribution in [2.24, 2.45) is 5.92 Å². The molecule has 0 bridgehead atoms. The molecule has 0 aliphatic rings. The van der Waals surface area contributed by atoms with E-state index < -0.39 is 0 Å². The number of ether oxygens (including phenoxy) is 1. The van der Waals surface area contributed by atoms with Crippen LogP contribution in [0.15, 0.2) is 6.20 Å². The van der Waals surface area contributed by atoms with Crippen molar-refractivity contribution >= 4 is 17.4 Å². The fourth-order valence-corrected chi connectivity index (χ4v) is 1.58. The fourth-order valence-electron chi connectivity index (χ4n) is 1.44. The molecule has 0 fully saturated rings. The van der Waals surface area contributed by atoms with Crippen LogP contribution in [0.1, 0.15) is 20.3 Å². The van der Waals surface area contributed by atoms with Crippen molar-refractivity contribution in [3.63, 3.8) is 0 Å². The second-order valence-corrected chi connectivity index (χ2v) is 4.47. The zero-order chi connectivity index (χ0) is 12.8. The molecular weight excluding hydrogens is 242 g/mol. The van der Waals surface area contributed by atoms with Gasteiger partial charge in [0.15, 0.2) is 5.82 Å². The van der Waals surface area contributed by atoms with Gasteiger partial charge in [-0.25, -0.2) is 4.98 Å². The van der Waals surface area contributed by atoms with E-state index in [0.29, 0.717) is 23.2 Å². The number of anilines is 1. The number of aliphatic hydroxyl groups excluding tert-OH is 1. The van der Waals surface area contributed by atoms with E-state index in [9.17, 15) is 0 Å². The first-order valence-corrected chi connectivity index (χ1v) is 5.90. The van der Waals surface area contributed by atoms with Crippen LogP contribution < -0.4 is 10.1 Å². The van der Waals surface area contributed by atoms with Gasteiger partial charge in [0.1, 0.15) is 5.02 Å². The molecule has 1 unspecified atom stereocenters. The third-order valence-electron chi connectivity index (χ3n) is 2.47. The molecule has 0 saturated carbocycles. The Hall–Kier alpha value is -1.07. The van der Waals surface area contributed by atoms with E-state index in [0.717, 1.165) is 0 Å². The Morgan fingerprint density at radius 2 is 2.24 bits per heavy atom. The molecule has 1 heterocycles. The van der Waals surface area contributed by atoms with Crippen LogP contribution in [-0.4, -0.2) is 34.8 Å². The van der Waals surface area contributed by atoms with Crippen molar-refractivity contribution < 1.29 is 9.84 Å². The minimum Gasteiger partial charge on any atom is -0.467 e. The van der Waals surface area contributed by atoms with E-state index in [1.165, 1.54) is 13.3 Å². The Kier molecular flexibility index (Phi) is 5.44. The van der Waals surface area contributed by atoms with Crippen molar-refractivity contribution in [3.8, 4) is 6.01 Å². The number of hydrogen-bond donors (Lipinski definition) is 2. The highest BCUT2D eigenvalue weighted by atomic mass is 35.5. The van der Waals surface area contributed by atoms with Gasteiger partial charge in [-0.1, -0.05) is 25.4 Å². The normalized spacial score (nSPS) is 12.6. The zero-order valence-corrected chi connectivity index (χ0v) is 11.0. The lowest BCUT2D eigenvalue weighted by Gasteiger charge is -2.22. The van der Waals surface area contributed by atoms with E-state index in [1.807, 2.05) is 0 Å². The first-order valence-electron chi connectivity index (χ1n) is 5.52. The summed E-state index contributed by atoms with van der Waals surface area (Å²) in [6, 6.07) is 0.375. The van der Waals surface area contributed by atoms with Gasteiger partial charge in [0, 0.05) is 12.6 Å². The van der Waals surface area contributed by atoms with Crippen LogP contribution in [0.3, 0.4) is 0 Å². The van der Waals surface area contributed by atoms with Crippen LogP contribution in [-0.2, 0) is 0 Å². The SMILES string of the molecule is COc1ncc(Cl)c(NC(CCO)C(C)C)n1. The van der Waals surface area contributed by atoms with Gasteiger partial charge < -0.3 is 15.2 Å². The number of aliphatic hydroxyl groups is 1. The lowest BCUT2D eigenvalue weighted by atomic mass is 10.0. The van der Waals surface area contributed by atoms with Crippen LogP contribution in [0, 0.1) is 5.92 Å². The molecule has 5 nitrogen and oxygen atoms in total. The maximum atomic E-state index is 9.00. The van der Waals surface area contributed by atoms with E-state index in [-0.39, 0.29) is 18.7 Å². The third kappa shape index (κ3) is 4.02. The summed E-state index contributed by atoms with van der Waals surface area (Å²) in [7, 11) is 1.50. The number of nitrogens with one attached hydrogen (secondary N) is 1. The number of halogens is 1. The molecule has 17 heavy (non-hydrogen) atoms. The Morgan fingerprint density at radius 3 is 2.76 bits per heavy atom. The maximum absolute atomic E-state index is 9.00. The predicted molar refractivity (Wildman–Crippen MR) is 67.5 cm³/mol. The summed E-state index contributed by atoms with van der Waals surface area (Å²) in [6.45, 7) is 4.26. The van der Waals surface area contributed by atoms with Crippen LogP contribution >= 0.6 is 11.6 Å². The summed E-state index contributed by atoms with van der Waals surface area (Å²) in [5, 5.41) is 12.6. The monoisotopic (exact) mass is 259 g/mol. The second kappa shape index (κ2) is 6.61. The van der Waals surface area contributed by atoms with Gasteiger partial charge in [-0.15, -0.1) is 0 Å². The minimum atomic E-state index is 0.108. The Bertz CT molecular complexity index is 361. The predicted octanol–water partition coefficient (Wildman–Crippen LogP) is 1.96.